The van der Waals surface area contributed by atoms with E-state index < -0.39 is 45.8 Å². The molecule has 2 aromatic rings. The molecule has 0 saturated carbocycles. The van der Waals surface area contributed by atoms with Crippen molar-refractivity contribution >= 4 is 52.1 Å². The first-order chi connectivity index (χ1) is 15.8. The number of anilines is 1. The predicted molar refractivity (Wildman–Crippen MR) is 123 cm³/mol. The van der Waals surface area contributed by atoms with Crippen LogP contribution in [0.25, 0.3) is 0 Å². The first kappa shape index (κ1) is 23.3. The van der Waals surface area contributed by atoms with Gasteiger partial charge in [-0.3, -0.25) is 24.5 Å². The summed E-state index contributed by atoms with van der Waals surface area (Å²) >= 11 is 6.76. The monoisotopic (exact) mass is 488 g/mol. The van der Waals surface area contributed by atoms with Gasteiger partial charge >= 0.3 is 11.9 Å². The number of rotatable bonds is 5. The highest BCUT2D eigenvalue weighted by Gasteiger charge is 2.71. The SMILES string of the molecule is CCOC(=O)[C@H]1[C@H](C(=O)OC)N[C@H](c2ccc(Cl)cc2)[C@@]12SC(=O)N(c1ccccc1)C2=O. The van der Waals surface area contributed by atoms with Crippen molar-refractivity contribution in [2.75, 3.05) is 18.6 Å². The van der Waals surface area contributed by atoms with Crippen LogP contribution in [0.3, 0.4) is 0 Å². The molecule has 8 nitrogen and oxygen atoms in total. The molecular formula is C23H21ClN2O6S. The fraction of sp³-hybridized carbons (Fsp3) is 0.304. The summed E-state index contributed by atoms with van der Waals surface area (Å²) in [7, 11) is 1.19. The van der Waals surface area contributed by atoms with Gasteiger partial charge in [-0.05, 0) is 48.5 Å². The van der Waals surface area contributed by atoms with Crippen molar-refractivity contribution in [2.45, 2.75) is 23.8 Å². The van der Waals surface area contributed by atoms with E-state index in [9.17, 15) is 19.2 Å². The van der Waals surface area contributed by atoms with E-state index in [2.05, 4.69) is 5.32 Å². The molecule has 2 aliphatic heterocycles. The zero-order valence-corrected chi connectivity index (χ0v) is 19.4. The third kappa shape index (κ3) is 3.80. The topological polar surface area (TPSA) is 102 Å². The number of nitrogens with zero attached hydrogens (tertiary/aromatic N) is 1. The summed E-state index contributed by atoms with van der Waals surface area (Å²) in [5.41, 5.74) is 0.958. The lowest BCUT2D eigenvalue weighted by atomic mass is 9.82. The number of halogens is 1. The average Bonchev–Trinajstić information content (AvgIpc) is 3.28. The molecule has 0 aliphatic carbocycles. The zero-order chi connectivity index (χ0) is 23.8. The molecule has 0 radical (unpaired) electrons. The van der Waals surface area contributed by atoms with Crippen LogP contribution in [0.2, 0.25) is 5.02 Å². The zero-order valence-electron chi connectivity index (χ0n) is 17.8. The van der Waals surface area contributed by atoms with Gasteiger partial charge in [-0.25, -0.2) is 4.90 Å². The summed E-state index contributed by atoms with van der Waals surface area (Å²) in [6, 6.07) is 13.0. The molecule has 1 spiro atoms. The van der Waals surface area contributed by atoms with Crippen LogP contribution in [0.1, 0.15) is 18.5 Å². The van der Waals surface area contributed by atoms with Crippen LogP contribution in [0.15, 0.2) is 54.6 Å². The maximum absolute atomic E-state index is 14.0. The van der Waals surface area contributed by atoms with Gasteiger partial charge in [-0.2, -0.15) is 0 Å². The molecular weight excluding hydrogens is 468 g/mol. The molecule has 2 fully saturated rings. The molecule has 2 saturated heterocycles. The Balaban J connectivity index is 1.91. The Bertz CT molecular complexity index is 1100. The number of methoxy groups -OCH3 is 1. The molecule has 10 heteroatoms. The third-order valence-electron chi connectivity index (χ3n) is 5.76. The van der Waals surface area contributed by atoms with Crippen molar-refractivity contribution in [2.24, 2.45) is 5.92 Å². The predicted octanol–water partition coefficient (Wildman–Crippen LogP) is 3.34. The van der Waals surface area contributed by atoms with Crippen LogP contribution in [0.4, 0.5) is 10.5 Å². The highest BCUT2D eigenvalue weighted by Crippen LogP contribution is 2.56. The van der Waals surface area contributed by atoms with E-state index in [4.69, 9.17) is 21.1 Å². The van der Waals surface area contributed by atoms with Gasteiger partial charge in [0, 0.05) is 5.02 Å². The second-order valence-electron chi connectivity index (χ2n) is 7.52. The van der Waals surface area contributed by atoms with Gasteiger partial charge in [0.05, 0.1) is 25.4 Å². The van der Waals surface area contributed by atoms with Crippen molar-refractivity contribution in [1.29, 1.82) is 0 Å². The molecule has 0 aromatic heterocycles. The van der Waals surface area contributed by atoms with E-state index >= 15 is 0 Å². The Labute approximate surface area is 199 Å². The van der Waals surface area contributed by atoms with Gasteiger partial charge < -0.3 is 9.47 Å². The first-order valence-electron chi connectivity index (χ1n) is 10.2. The number of esters is 2. The minimum Gasteiger partial charge on any atom is -0.468 e. The number of ether oxygens (including phenoxy) is 2. The minimum absolute atomic E-state index is 0.0418. The van der Waals surface area contributed by atoms with Crippen LogP contribution < -0.4 is 10.2 Å². The van der Waals surface area contributed by atoms with Crippen LogP contribution in [0, 0.1) is 5.92 Å². The number of imide groups is 1. The lowest BCUT2D eigenvalue weighted by molar-refractivity contribution is -0.156. The van der Waals surface area contributed by atoms with E-state index in [0.29, 0.717) is 16.3 Å². The van der Waals surface area contributed by atoms with Crippen molar-refractivity contribution in [3.05, 3.63) is 65.2 Å². The lowest BCUT2D eigenvalue weighted by Crippen LogP contribution is -2.51. The van der Waals surface area contributed by atoms with Gasteiger partial charge in [-0.1, -0.05) is 41.9 Å². The molecule has 2 aliphatic rings. The molecule has 2 aromatic carbocycles. The van der Waals surface area contributed by atoms with Gasteiger partial charge in [-0.15, -0.1) is 0 Å². The van der Waals surface area contributed by atoms with Gasteiger partial charge in [0.25, 0.3) is 11.1 Å². The fourth-order valence-electron chi connectivity index (χ4n) is 4.37. The number of nitrogens with one attached hydrogen (secondary N) is 1. The number of para-hydroxylation sites is 1. The molecule has 0 bridgehead atoms. The van der Waals surface area contributed by atoms with Crippen LogP contribution in [-0.4, -0.2) is 47.6 Å². The summed E-state index contributed by atoms with van der Waals surface area (Å²) in [5.74, 6) is -3.41. The standard InChI is InChI=1S/C23H21ClN2O6S/c1-3-32-19(27)16-17(20(28)31-2)25-18(13-9-11-14(24)12-10-13)23(16)21(29)26(22(30)33-23)15-7-5-4-6-8-15/h4-12,16-18,25H,3H2,1-2H3/t16-,17-,18-,23+/m1/s1. The molecule has 1 N–H and O–H groups in total. The van der Waals surface area contributed by atoms with E-state index in [0.717, 1.165) is 16.7 Å². The molecule has 2 amide bonds. The summed E-state index contributed by atoms with van der Waals surface area (Å²) in [6.07, 6.45) is 0. The Morgan fingerprint density at radius 2 is 1.76 bits per heavy atom. The van der Waals surface area contributed by atoms with E-state index in [1.54, 1.807) is 61.5 Å². The van der Waals surface area contributed by atoms with Crippen LogP contribution in [0.5, 0.6) is 0 Å². The second-order valence-corrected chi connectivity index (χ2v) is 9.18. The van der Waals surface area contributed by atoms with Crippen molar-refractivity contribution in [3.8, 4) is 0 Å². The molecule has 0 unspecified atom stereocenters. The highest BCUT2D eigenvalue weighted by atomic mass is 35.5. The van der Waals surface area contributed by atoms with Gasteiger partial charge in [0.1, 0.15) is 16.7 Å². The molecule has 4 atom stereocenters. The Morgan fingerprint density at radius 3 is 2.36 bits per heavy atom. The highest BCUT2D eigenvalue weighted by molar-refractivity contribution is 8.16. The Hall–Kier alpha value is -2.88. The quantitative estimate of drug-likeness (QED) is 0.639. The molecule has 172 valence electrons. The Morgan fingerprint density at radius 1 is 1.09 bits per heavy atom. The molecule has 4 rings (SSSR count). The normalized spacial score (nSPS) is 26.6. The van der Waals surface area contributed by atoms with Crippen molar-refractivity contribution < 1.29 is 28.7 Å². The van der Waals surface area contributed by atoms with Crippen LogP contribution >= 0.6 is 23.4 Å². The maximum Gasteiger partial charge on any atom is 0.323 e. The van der Waals surface area contributed by atoms with Gasteiger partial charge in [0.2, 0.25) is 0 Å². The summed E-state index contributed by atoms with van der Waals surface area (Å²) in [4.78, 5) is 54.2. The molecule has 2 heterocycles. The van der Waals surface area contributed by atoms with E-state index in [1.807, 2.05) is 0 Å². The number of hydrogen-bond acceptors (Lipinski definition) is 8. The number of benzene rings is 2. The maximum atomic E-state index is 14.0. The van der Waals surface area contributed by atoms with Crippen LogP contribution in [-0.2, 0) is 23.9 Å². The fourth-order valence-corrected chi connectivity index (χ4v) is 5.92. The van der Waals surface area contributed by atoms with E-state index in [1.165, 1.54) is 7.11 Å². The number of carbonyl (C=O) groups is 4. The third-order valence-corrected chi connectivity index (χ3v) is 7.37. The van der Waals surface area contributed by atoms with Crippen molar-refractivity contribution in [3.63, 3.8) is 0 Å². The number of hydrogen-bond donors (Lipinski definition) is 1. The minimum atomic E-state index is -1.67. The summed E-state index contributed by atoms with van der Waals surface area (Å²) < 4.78 is 8.51. The first-order valence-corrected chi connectivity index (χ1v) is 11.4. The largest absolute Gasteiger partial charge is 0.468 e. The lowest BCUT2D eigenvalue weighted by Gasteiger charge is -2.31. The summed E-state index contributed by atoms with van der Waals surface area (Å²) in [5, 5.41) is 3.01. The second kappa shape index (κ2) is 9.17. The average molecular weight is 489 g/mol. The summed E-state index contributed by atoms with van der Waals surface area (Å²) in [6.45, 7) is 1.67. The van der Waals surface area contributed by atoms with Crippen molar-refractivity contribution in [1.82, 2.24) is 5.32 Å². The van der Waals surface area contributed by atoms with Gasteiger partial charge in [0.15, 0.2) is 0 Å². The number of carbonyl (C=O) groups excluding carboxylic acids is 4. The number of amides is 2. The smallest absolute Gasteiger partial charge is 0.323 e. The number of thioether (sulfide) groups is 1. The molecule has 33 heavy (non-hydrogen) atoms. The van der Waals surface area contributed by atoms with E-state index in [-0.39, 0.29) is 6.61 Å². The Kier molecular flexibility index (Phi) is 6.47.